The van der Waals surface area contributed by atoms with E-state index in [4.69, 9.17) is 0 Å². The first kappa shape index (κ1) is 19.2. The minimum atomic E-state index is -0.404. The third kappa shape index (κ3) is 5.01. The largest absolute Gasteiger partial charge is 0.348 e. The molecule has 142 valence electrons. The normalized spacial score (nSPS) is 10.4. The van der Waals surface area contributed by atoms with Gasteiger partial charge in [0, 0.05) is 30.4 Å². The summed E-state index contributed by atoms with van der Waals surface area (Å²) < 4.78 is 13.6. The van der Waals surface area contributed by atoms with Crippen molar-refractivity contribution in [3.63, 3.8) is 0 Å². The third-order valence-corrected chi connectivity index (χ3v) is 4.23. The average molecular weight is 377 g/mol. The lowest BCUT2D eigenvalue weighted by atomic mass is 10.1. The summed E-state index contributed by atoms with van der Waals surface area (Å²) >= 11 is 0. The van der Waals surface area contributed by atoms with Gasteiger partial charge in [-0.3, -0.25) is 14.6 Å². The number of nitrogens with zero attached hydrogens (tertiary/aromatic N) is 1. The van der Waals surface area contributed by atoms with E-state index in [0.717, 1.165) is 11.1 Å². The smallest absolute Gasteiger partial charge is 0.270 e. The highest BCUT2D eigenvalue weighted by Crippen LogP contribution is 2.08. The summed E-state index contributed by atoms with van der Waals surface area (Å²) in [6, 6.07) is 17.0. The van der Waals surface area contributed by atoms with Crippen LogP contribution in [-0.2, 0) is 13.1 Å². The summed E-state index contributed by atoms with van der Waals surface area (Å²) in [4.78, 5) is 28.7. The number of hydrogen-bond acceptors (Lipinski definition) is 3. The average Bonchev–Trinajstić information content (AvgIpc) is 2.72. The van der Waals surface area contributed by atoms with E-state index in [1.165, 1.54) is 24.4 Å². The van der Waals surface area contributed by atoms with Gasteiger partial charge in [0.2, 0.25) is 0 Å². The standard InChI is InChI=1S/C22H20FN3O2/c1-15-6-8-16(9-7-15)13-25-22(28)20-12-17(10-11-24-20)21(27)26-14-18-4-2-3-5-19(18)23/h2-12H,13-14H2,1H3,(H,25,28)(H,26,27). The van der Waals surface area contributed by atoms with Crippen LogP contribution >= 0.6 is 0 Å². The number of rotatable bonds is 6. The molecule has 0 aliphatic carbocycles. The molecule has 0 aliphatic heterocycles. The maximum absolute atomic E-state index is 13.6. The number of carbonyl (C=O) groups is 2. The monoisotopic (exact) mass is 377 g/mol. The highest BCUT2D eigenvalue weighted by molar-refractivity contribution is 5.98. The second-order valence-electron chi connectivity index (χ2n) is 6.37. The number of nitrogens with one attached hydrogen (secondary N) is 2. The summed E-state index contributed by atoms with van der Waals surface area (Å²) in [5.41, 5.74) is 2.93. The van der Waals surface area contributed by atoms with Crippen LogP contribution in [-0.4, -0.2) is 16.8 Å². The van der Waals surface area contributed by atoms with E-state index < -0.39 is 5.91 Å². The van der Waals surface area contributed by atoms with Crippen LogP contribution in [0.4, 0.5) is 4.39 Å². The van der Waals surface area contributed by atoms with Gasteiger partial charge < -0.3 is 10.6 Å². The van der Waals surface area contributed by atoms with E-state index in [0.29, 0.717) is 12.1 Å². The van der Waals surface area contributed by atoms with Crippen molar-refractivity contribution in [2.24, 2.45) is 0 Å². The van der Waals surface area contributed by atoms with E-state index in [9.17, 15) is 14.0 Å². The Morgan fingerprint density at radius 3 is 2.39 bits per heavy atom. The van der Waals surface area contributed by atoms with Crippen LogP contribution in [0.2, 0.25) is 0 Å². The van der Waals surface area contributed by atoms with Gasteiger partial charge in [-0.2, -0.15) is 0 Å². The molecule has 0 spiro atoms. The first-order chi connectivity index (χ1) is 13.5. The van der Waals surface area contributed by atoms with Crippen LogP contribution in [0.1, 0.15) is 37.5 Å². The molecule has 5 nitrogen and oxygen atoms in total. The summed E-state index contributed by atoms with van der Waals surface area (Å²) in [7, 11) is 0. The molecule has 3 rings (SSSR count). The predicted octanol–water partition coefficient (Wildman–Crippen LogP) is 3.39. The molecule has 2 N–H and O–H groups in total. The fraction of sp³-hybridized carbons (Fsp3) is 0.136. The molecule has 2 aromatic carbocycles. The highest BCUT2D eigenvalue weighted by Gasteiger charge is 2.12. The molecule has 1 heterocycles. The Bertz CT molecular complexity index is 987. The fourth-order valence-electron chi connectivity index (χ4n) is 2.59. The lowest BCUT2D eigenvalue weighted by Gasteiger charge is -2.08. The summed E-state index contributed by atoms with van der Waals surface area (Å²) in [6.07, 6.45) is 1.40. The van der Waals surface area contributed by atoms with Gasteiger partial charge in [0.25, 0.3) is 11.8 Å². The lowest BCUT2D eigenvalue weighted by Crippen LogP contribution is -2.26. The van der Waals surface area contributed by atoms with Gasteiger partial charge >= 0.3 is 0 Å². The SMILES string of the molecule is Cc1ccc(CNC(=O)c2cc(C(=O)NCc3ccccc3F)ccn2)cc1. The third-order valence-electron chi connectivity index (χ3n) is 4.23. The molecular weight excluding hydrogens is 357 g/mol. The maximum atomic E-state index is 13.6. The molecule has 2 amide bonds. The number of benzene rings is 2. The topological polar surface area (TPSA) is 71.1 Å². The molecule has 0 radical (unpaired) electrons. The zero-order valence-corrected chi connectivity index (χ0v) is 15.4. The first-order valence-corrected chi connectivity index (χ1v) is 8.84. The Morgan fingerprint density at radius 2 is 1.64 bits per heavy atom. The molecule has 28 heavy (non-hydrogen) atoms. The Morgan fingerprint density at radius 1 is 0.929 bits per heavy atom. The number of pyridine rings is 1. The minimum Gasteiger partial charge on any atom is -0.348 e. The van der Waals surface area contributed by atoms with Crippen molar-refractivity contribution in [2.75, 3.05) is 0 Å². The number of amides is 2. The van der Waals surface area contributed by atoms with Crippen LogP contribution < -0.4 is 10.6 Å². The number of aryl methyl sites for hydroxylation is 1. The summed E-state index contributed by atoms with van der Waals surface area (Å²) in [5.74, 6) is -1.16. The van der Waals surface area contributed by atoms with Gasteiger partial charge in [0.1, 0.15) is 11.5 Å². The maximum Gasteiger partial charge on any atom is 0.270 e. The molecule has 0 saturated heterocycles. The van der Waals surface area contributed by atoms with Crippen molar-refractivity contribution in [1.29, 1.82) is 0 Å². The zero-order chi connectivity index (χ0) is 19.9. The Hall–Kier alpha value is -3.54. The fourth-order valence-corrected chi connectivity index (χ4v) is 2.59. The molecule has 0 aliphatic rings. The van der Waals surface area contributed by atoms with E-state index >= 15 is 0 Å². The van der Waals surface area contributed by atoms with Crippen molar-refractivity contribution in [3.8, 4) is 0 Å². The van der Waals surface area contributed by atoms with Crippen LogP contribution in [0.15, 0.2) is 66.9 Å². The molecule has 0 saturated carbocycles. The number of halogens is 1. The van der Waals surface area contributed by atoms with Crippen molar-refractivity contribution in [3.05, 3.63) is 101 Å². The van der Waals surface area contributed by atoms with Crippen LogP contribution in [0.3, 0.4) is 0 Å². The minimum absolute atomic E-state index is 0.0583. The van der Waals surface area contributed by atoms with Gasteiger partial charge in [0.15, 0.2) is 0 Å². The van der Waals surface area contributed by atoms with Gasteiger partial charge in [0.05, 0.1) is 0 Å². The van der Waals surface area contributed by atoms with E-state index in [-0.39, 0.29) is 29.5 Å². The van der Waals surface area contributed by atoms with Crippen LogP contribution in [0, 0.1) is 12.7 Å². The zero-order valence-electron chi connectivity index (χ0n) is 15.4. The molecule has 1 aromatic heterocycles. The molecule has 3 aromatic rings. The van der Waals surface area contributed by atoms with Crippen molar-refractivity contribution in [1.82, 2.24) is 15.6 Å². The van der Waals surface area contributed by atoms with Gasteiger partial charge in [-0.05, 0) is 30.7 Å². The number of aromatic nitrogens is 1. The number of hydrogen-bond donors (Lipinski definition) is 2. The van der Waals surface area contributed by atoms with Gasteiger partial charge in [-0.15, -0.1) is 0 Å². The second kappa shape index (κ2) is 8.90. The molecule has 0 unspecified atom stereocenters. The van der Waals surface area contributed by atoms with Gasteiger partial charge in [-0.1, -0.05) is 48.0 Å². The van der Waals surface area contributed by atoms with Gasteiger partial charge in [-0.25, -0.2) is 4.39 Å². The van der Waals surface area contributed by atoms with Crippen molar-refractivity contribution < 1.29 is 14.0 Å². The Labute approximate surface area is 162 Å². The number of carbonyl (C=O) groups excluding carboxylic acids is 2. The highest BCUT2D eigenvalue weighted by atomic mass is 19.1. The predicted molar refractivity (Wildman–Crippen MR) is 104 cm³/mol. The van der Waals surface area contributed by atoms with Crippen LogP contribution in [0.25, 0.3) is 0 Å². The van der Waals surface area contributed by atoms with Crippen molar-refractivity contribution in [2.45, 2.75) is 20.0 Å². The van der Waals surface area contributed by atoms with Crippen molar-refractivity contribution >= 4 is 11.8 Å². The summed E-state index contributed by atoms with van der Waals surface area (Å²) in [6.45, 7) is 2.42. The van der Waals surface area contributed by atoms with E-state index in [1.54, 1.807) is 18.2 Å². The Kier molecular flexibility index (Phi) is 6.11. The van der Waals surface area contributed by atoms with E-state index in [1.807, 2.05) is 31.2 Å². The quantitative estimate of drug-likeness (QED) is 0.692. The molecule has 0 fully saturated rings. The molecule has 6 heteroatoms. The first-order valence-electron chi connectivity index (χ1n) is 8.84. The molecule has 0 bridgehead atoms. The lowest BCUT2D eigenvalue weighted by molar-refractivity contribution is 0.0946. The molecular formula is C22H20FN3O2. The molecule has 0 atom stereocenters. The van der Waals surface area contributed by atoms with Crippen LogP contribution in [0.5, 0.6) is 0 Å². The summed E-state index contributed by atoms with van der Waals surface area (Å²) in [5, 5.41) is 5.43. The Balaban J connectivity index is 1.60. The second-order valence-corrected chi connectivity index (χ2v) is 6.37. The van der Waals surface area contributed by atoms with E-state index in [2.05, 4.69) is 15.6 Å².